The predicted molar refractivity (Wildman–Crippen MR) is 106 cm³/mol. The van der Waals surface area contributed by atoms with Crippen molar-refractivity contribution < 1.29 is 4.79 Å². The first-order chi connectivity index (χ1) is 12.8. The molecule has 1 heterocycles. The fourth-order valence-electron chi connectivity index (χ4n) is 3.94. The van der Waals surface area contributed by atoms with Gasteiger partial charge >= 0.3 is 0 Å². The zero-order chi connectivity index (χ0) is 18.0. The molecule has 2 heteroatoms. The molecule has 1 amide bonds. The number of anilines is 1. The van der Waals surface area contributed by atoms with E-state index in [0.29, 0.717) is 6.42 Å². The van der Waals surface area contributed by atoms with Gasteiger partial charge in [-0.15, -0.1) is 6.58 Å². The van der Waals surface area contributed by atoms with Crippen molar-refractivity contribution >= 4 is 11.6 Å². The molecule has 0 aliphatic carbocycles. The molecule has 4 rings (SSSR count). The molecule has 3 aromatic rings. The van der Waals surface area contributed by atoms with E-state index in [4.69, 9.17) is 0 Å². The Morgan fingerprint density at radius 2 is 1.38 bits per heavy atom. The van der Waals surface area contributed by atoms with Gasteiger partial charge in [-0.1, -0.05) is 84.9 Å². The van der Waals surface area contributed by atoms with Crippen LogP contribution in [0.15, 0.2) is 104 Å². The maximum Gasteiger partial charge on any atom is 0.240 e. The molecule has 0 bridgehead atoms. The summed E-state index contributed by atoms with van der Waals surface area (Å²) >= 11 is 0. The van der Waals surface area contributed by atoms with Gasteiger partial charge in [-0.3, -0.25) is 4.79 Å². The standard InChI is InChI=1S/C24H21NO/c1-2-24(18-19-12-6-3-7-13-19)22(20-14-8-4-9-15-20)25(23(24)26)21-16-10-5-11-17-21/h2-17,22H,1,18H2/t22-,24-/m1/s1. The van der Waals surface area contributed by atoms with Crippen molar-refractivity contribution in [2.75, 3.05) is 4.90 Å². The van der Waals surface area contributed by atoms with E-state index >= 15 is 0 Å². The Morgan fingerprint density at radius 1 is 0.846 bits per heavy atom. The van der Waals surface area contributed by atoms with Crippen LogP contribution in [-0.4, -0.2) is 5.91 Å². The molecule has 0 spiro atoms. The summed E-state index contributed by atoms with van der Waals surface area (Å²) in [5.74, 6) is 0.108. The summed E-state index contributed by atoms with van der Waals surface area (Å²) < 4.78 is 0. The van der Waals surface area contributed by atoms with Gasteiger partial charge in [0.1, 0.15) is 0 Å². The van der Waals surface area contributed by atoms with Gasteiger partial charge in [0, 0.05) is 5.69 Å². The van der Waals surface area contributed by atoms with Crippen LogP contribution < -0.4 is 4.90 Å². The van der Waals surface area contributed by atoms with Gasteiger partial charge in [-0.25, -0.2) is 0 Å². The summed E-state index contributed by atoms with van der Waals surface area (Å²) in [4.78, 5) is 15.3. The molecule has 1 aliphatic rings. The molecule has 0 unspecified atom stereocenters. The number of carbonyl (C=O) groups is 1. The van der Waals surface area contributed by atoms with Crippen LogP contribution in [0.3, 0.4) is 0 Å². The molecule has 0 radical (unpaired) electrons. The van der Waals surface area contributed by atoms with Gasteiger partial charge in [0.2, 0.25) is 5.91 Å². The second kappa shape index (κ2) is 6.64. The monoisotopic (exact) mass is 339 g/mol. The Hall–Kier alpha value is -3.13. The van der Waals surface area contributed by atoms with Crippen LogP contribution in [0.4, 0.5) is 5.69 Å². The van der Waals surface area contributed by atoms with E-state index in [-0.39, 0.29) is 11.9 Å². The van der Waals surface area contributed by atoms with Crippen LogP contribution in [-0.2, 0) is 11.2 Å². The van der Waals surface area contributed by atoms with Crippen molar-refractivity contribution in [1.29, 1.82) is 0 Å². The number of para-hydroxylation sites is 1. The highest BCUT2D eigenvalue weighted by atomic mass is 16.2. The van der Waals surface area contributed by atoms with E-state index in [2.05, 4.69) is 30.8 Å². The first kappa shape index (κ1) is 16.3. The molecule has 1 aliphatic heterocycles. The smallest absolute Gasteiger partial charge is 0.240 e. The Kier molecular flexibility index (Phi) is 4.18. The summed E-state index contributed by atoms with van der Waals surface area (Å²) in [7, 11) is 0. The average molecular weight is 339 g/mol. The van der Waals surface area contributed by atoms with E-state index in [1.54, 1.807) is 0 Å². The third-order valence-corrected chi connectivity index (χ3v) is 5.22. The Balaban J connectivity index is 1.80. The number of carbonyl (C=O) groups excluding carboxylic acids is 1. The van der Waals surface area contributed by atoms with Crippen LogP contribution in [0, 0.1) is 5.41 Å². The summed E-state index contributed by atoms with van der Waals surface area (Å²) in [6.45, 7) is 4.06. The van der Waals surface area contributed by atoms with Crippen molar-refractivity contribution in [1.82, 2.24) is 0 Å². The van der Waals surface area contributed by atoms with Crippen LogP contribution >= 0.6 is 0 Å². The molecular formula is C24H21NO. The predicted octanol–water partition coefficient (Wildman–Crippen LogP) is 5.19. The minimum atomic E-state index is -0.626. The fraction of sp³-hybridized carbons (Fsp3) is 0.125. The third kappa shape index (κ3) is 2.55. The Labute approximate surface area is 154 Å². The summed E-state index contributed by atoms with van der Waals surface area (Å²) in [5, 5.41) is 0. The topological polar surface area (TPSA) is 20.3 Å². The van der Waals surface area contributed by atoms with Gasteiger partial charge in [0.15, 0.2) is 0 Å². The Bertz CT molecular complexity index is 905. The van der Waals surface area contributed by atoms with Crippen molar-refractivity contribution in [3.05, 3.63) is 115 Å². The van der Waals surface area contributed by atoms with Crippen LogP contribution in [0.5, 0.6) is 0 Å². The lowest BCUT2D eigenvalue weighted by Crippen LogP contribution is -2.63. The molecule has 1 saturated heterocycles. The van der Waals surface area contributed by atoms with Crippen molar-refractivity contribution in [2.24, 2.45) is 5.41 Å². The lowest BCUT2D eigenvalue weighted by molar-refractivity contribution is -0.136. The summed E-state index contributed by atoms with van der Waals surface area (Å²) in [5.41, 5.74) is 2.58. The molecule has 26 heavy (non-hydrogen) atoms. The Morgan fingerprint density at radius 3 is 1.96 bits per heavy atom. The van der Waals surface area contributed by atoms with Gasteiger partial charge in [0.25, 0.3) is 0 Å². The molecule has 0 aromatic heterocycles. The molecule has 128 valence electrons. The quantitative estimate of drug-likeness (QED) is 0.463. The number of amides is 1. The number of hydrogen-bond acceptors (Lipinski definition) is 1. The van der Waals surface area contributed by atoms with Crippen LogP contribution in [0.2, 0.25) is 0 Å². The SMILES string of the molecule is C=C[C@]1(Cc2ccccc2)C(=O)N(c2ccccc2)[C@@H]1c1ccccc1. The van der Waals surface area contributed by atoms with E-state index in [1.807, 2.05) is 77.7 Å². The second-order valence-corrected chi connectivity index (χ2v) is 6.73. The fourth-order valence-corrected chi connectivity index (χ4v) is 3.94. The summed E-state index contributed by atoms with van der Waals surface area (Å²) in [6, 6.07) is 30.2. The maximum atomic E-state index is 13.4. The van der Waals surface area contributed by atoms with Gasteiger partial charge in [-0.05, 0) is 29.7 Å². The van der Waals surface area contributed by atoms with E-state index < -0.39 is 5.41 Å². The lowest BCUT2D eigenvalue weighted by atomic mass is 9.64. The van der Waals surface area contributed by atoms with Gasteiger partial charge in [-0.2, -0.15) is 0 Å². The molecule has 2 atom stereocenters. The molecule has 3 aromatic carbocycles. The molecule has 0 saturated carbocycles. The summed E-state index contributed by atoms with van der Waals surface area (Å²) in [6.07, 6.45) is 2.50. The maximum absolute atomic E-state index is 13.4. The zero-order valence-electron chi connectivity index (χ0n) is 14.6. The van der Waals surface area contributed by atoms with Crippen molar-refractivity contribution in [3.63, 3.8) is 0 Å². The normalized spacial score (nSPS) is 21.9. The van der Waals surface area contributed by atoms with E-state index in [0.717, 1.165) is 16.8 Å². The van der Waals surface area contributed by atoms with Gasteiger partial charge in [0.05, 0.1) is 11.5 Å². The lowest BCUT2D eigenvalue weighted by Gasteiger charge is -2.55. The van der Waals surface area contributed by atoms with E-state index in [1.165, 1.54) is 0 Å². The van der Waals surface area contributed by atoms with E-state index in [9.17, 15) is 4.79 Å². The molecular weight excluding hydrogens is 318 g/mol. The highest BCUT2D eigenvalue weighted by Crippen LogP contribution is 2.54. The minimum Gasteiger partial charge on any atom is -0.303 e. The van der Waals surface area contributed by atoms with Crippen molar-refractivity contribution in [3.8, 4) is 0 Å². The number of rotatable bonds is 5. The molecule has 0 N–H and O–H groups in total. The number of benzene rings is 3. The zero-order valence-corrected chi connectivity index (χ0v) is 14.6. The second-order valence-electron chi connectivity index (χ2n) is 6.73. The third-order valence-electron chi connectivity index (χ3n) is 5.22. The molecule has 2 nitrogen and oxygen atoms in total. The first-order valence-corrected chi connectivity index (χ1v) is 8.87. The largest absolute Gasteiger partial charge is 0.303 e. The van der Waals surface area contributed by atoms with Crippen molar-refractivity contribution in [2.45, 2.75) is 12.5 Å². The number of β-lactam (4-membered cyclic amide) rings is 1. The minimum absolute atomic E-state index is 0.0590. The van der Waals surface area contributed by atoms with Crippen LogP contribution in [0.1, 0.15) is 17.2 Å². The average Bonchev–Trinajstić information content (AvgIpc) is 2.72. The van der Waals surface area contributed by atoms with Crippen LogP contribution in [0.25, 0.3) is 0 Å². The van der Waals surface area contributed by atoms with Gasteiger partial charge < -0.3 is 4.90 Å². The highest BCUT2D eigenvalue weighted by molar-refractivity contribution is 6.07. The number of nitrogens with zero attached hydrogens (tertiary/aromatic N) is 1. The highest BCUT2D eigenvalue weighted by Gasteiger charge is 2.59. The number of hydrogen-bond donors (Lipinski definition) is 0. The molecule has 1 fully saturated rings. The first-order valence-electron chi connectivity index (χ1n) is 8.87.